The third kappa shape index (κ3) is 5.25. The summed E-state index contributed by atoms with van der Waals surface area (Å²) in [6, 6.07) is 18.8. The molecular formula is C24H29N5. The van der Waals surface area contributed by atoms with Crippen LogP contribution in [0.1, 0.15) is 42.5 Å². The molecule has 29 heavy (non-hydrogen) atoms. The Morgan fingerprint density at radius 1 is 0.690 bits per heavy atom. The maximum atomic E-state index is 4.93. The zero-order chi connectivity index (χ0) is 20.1. The van der Waals surface area contributed by atoms with Crippen LogP contribution in [0.15, 0.2) is 54.6 Å². The lowest BCUT2D eigenvalue weighted by molar-refractivity contribution is 0.246. The molecule has 0 fully saturated rings. The fourth-order valence-electron chi connectivity index (χ4n) is 3.79. The van der Waals surface area contributed by atoms with Gasteiger partial charge in [-0.25, -0.2) is 9.97 Å². The maximum Gasteiger partial charge on any atom is 0.0890 e. The topological polar surface area (TPSA) is 45.2 Å². The number of hydrogen-bond donors (Lipinski definition) is 0. The van der Waals surface area contributed by atoms with Crippen LogP contribution < -0.4 is 0 Å². The third-order valence-electron chi connectivity index (χ3n) is 5.20. The van der Waals surface area contributed by atoms with Gasteiger partial charge in [-0.1, -0.05) is 31.5 Å². The van der Waals surface area contributed by atoms with Gasteiger partial charge in [-0.15, -0.1) is 0 Å². The van der Waals surface area contributed by atoms with Crippen LogP contribution in [0, 0.1) is 0 Å². The van der Waals surface area contributed by atoms with Gasteiger partial charge >= 0.3 is 0 Å². The molecule has 5 nitrogen and oxygen atoms in total. The molecule has 0 unspecified atom stereocenters. The van der Waals surface area contributed by atoms with E-state index in [0.29, 0.717) is 0 Å². The minimum atomic E-state index is 0.780. The van der Waals surface area contributed by atoms with Gasteiger partial charge in [0, 0.05) is 26.2 Å². The van der Waals surface area contributed by atoms with Gasteiger partial charge in [-0.2, -0.15) is 0 Å². The lowest BCUT2D eigenvalue weighted by Crippen LogP contribution is -2.25. The van der Waals surface area contributed by atoms with Gasteiger partial charge in [-0.3, -0.25) is 14.8 Å². The number of rotatable bonds is 3. The highest BCUT2D eigenvalue weighted by Gasteiger charge is 2.13. The molecule has 0 radical (unpaired) electrons. The van der Waals surface area contributed by atoms with Crippen LogP contribution in [-0.2, 0) is 26.2 Å². The first kappa shape index (κ1) is 19.7. The van der Waals surface area contributed by atoms with Crippen LogP contribution in [0.5, 0.6) is 0 Å². The SMILES string of the molecule is CCCCN1Cc2cccc(n2)CN(C)Cc2cccc(n2)-c2cccc(n2)C1. The molecule has 6 bridgehead atoms. The quantitative estimate of drug-likeness (QED) is 0.671. The molecule has 0 saturated carbocycles. The van der Waals surface area contributed by atoms with Crippen molar-refractivity contribution in [1.82, 2.24) is 24.8 Å². The van der Waals surface area contributed by atoms with Crippen molar-refractivity contribution in [2.45, 2.75) is 45.9 Å². The fourth-order valence-corrected chi connectivity index (χ4v) is 3.79. The van der Waals surface area contributed by atoms with Gasteiger partial charge in [-0.05, 0) is 56.4 Å². The van der Waals surface area contributed by atoms with Crippen molar-refractivity contribution in [2.24, 2.45) is 0 Å². The van der Waals surface area contributed by atoms with Gasteiger partial charge in [0.25, 0.3) is 0 Å². The molecule has 1 aliphatic heterocycles. The summed E-state index contributed by atoms with van der Waals surface area (Å²) in [6.07, 6.45) is 2.35. The molecule has 0 spiro atoms. The zero-order valence-corrected chi connectivity index (χ0v) is 17.4. The van der Waals surface area contributed by atoms with Gasteiger partial charge < -0.3 is 0 Å². The first-order chi connectivity index (χ1) is 14.2. The Labute approximate surface area is 173 Å². The van der Waals surface area contributed by atoms with E-state index >= 15 is 0 Å². The summed E-state index contributed by atoms with van der Waals surface area (Å²) in [5, 5.41) is 0. The third-order valence-corrected chi connectivity index (χ3v) is 5.20. The predicted molar refractivity (Wildman–Crippen MR) is 116 cm³/mol. The first-order valence-corrected chi connectivity index (χ1v) is 10.5. The Balaban J connectivity index is 1.73. The zero-order valence-electron chi connectivity index (χ0n) is 17.4. The molecule has 0 atom stereocenters. The second-order valence-electron chi connectivity index (χ2n) is 7.89. The van der Waals surface area contributed by atoms with Crippen LogP contribution in [-0.4, -0.2) is 38.3 Å². The summed E-state index contributed by atoms with van der Waals surface area (Å²) >= 11 is 0. The van der Waals surface area contributed by atoms with Crippen molar-refractivity contribution in [1.29, 1.82) is 0 Å². The van der Waals surface area contributed by atoms with Crippen LogP contribution in [0.4, 0.5) is 0 Å². The van der Waals surface area contributed by atoms with E-state index in [4.69, 9.17) is 15.0 Å². The van der Waals surface area contributed by atoms with Crippen LogP contribution in [0.3, 0.4) is 0 Å². The number of nitrogens with zero attached hydrogens (tertiary/aromatic N) is 5. The van der Waals surface area contributed by atoms with Crippen molar-refractivity contribution in [2.75, 3.05) is 13.6 Å². The van der Waals surface area contributed by atoms with Gasteiger partial charge in [0.1, 0.15) is 0 Å². The van der Waals surface area contributed by atoms with Gasteiger partial charge in [0.15, 0.2) is 0 Å². The number of pyridine rings is 3. The van der Waals surface area contributed by atoms with E-state index in [0.717, 1.165) is 66.9 Å². The predicted octanol–water partition coefficient (Wildman–Crippen LogP) is 4.29. The second-order valence-corrected chi connectivity index (χ2v) is 7.89. The molecule has 0 N–H and O–H groups in total. The molecule has 0 aromatic carbocycles. The van der Waals surface area contributed by atoms with Crippen molar-refractivity contribution >= 4 is 0 Å². The monoisotopic (exact) mass is 387 g/mol. The highest BCUT2D eigenvalue weighted by Crippen LogP contribution is 2.18. The Kier molecular flexibility index (Phi) is 6.27. The molecule has 0 amide bonds. The molecule has 3 aromatic heterocycles. The number of unbranched alkanes of at least 4 members (excludes halogenated alkanes) is 1. The minimum Gasteiger partial charge on any atom is -0.295 e. The van der Waals surface area contributed by atoms with Gasteiger partial charge in [0.2, 0.25) is 0 Å². The summed E-state index contributed by atoms with van der Waals surface area (Å²) in [5.41, 5.74) is 6.23. The lowest BCUT2D eigenvalue weighted by Gasteiger charge is -2.22. The molecule has 0 saturated heterocycles. The van der Waals surface area contributed by atoms with E-state index < -0.39 is 0 Å². The Morgan fingerprint density at radius 3 is 1.76 bits per heavy atom. The summed E-state index contributed by atoms with van der Waals surface area (Å²) < 4.78 is 0. The van der Waals surface area contributed by atoms with Crippen LogP contribution >= 0.6 is 0 Å². The maximum absolute atomic E-state index is 4.93. The summed E-state index contributed by atoms with van der Waals surface area (Å²) in [5.74, 6) is 0. The Bertz CT molecular complexity index is 955. The fraction of sp³-hybridized carbons (Fsp3) is 0.375. The number of hydrogen-bond acceptors (Lipinski definition) is 5. The lowest BCUT2D eigenvalue weighted by atomic mass is 10.2. The van der Waals surface area contributed by atoms with E-state index in [2.05, 4.69) is 72.3 Å². The Hall–Kier alpha value is -2.63. The standard InChI is InChI=1S/C24H29N5/c1-3-4-14-29-17-21-9-5-8-19(25-21)15-28(2)16-20-10-6-12-23(26-20)24-13-7-11-22(18-29)27-24/h5-13H,3-4,14-18H2,1-2H3. The second kappa shape index (κ2) is 9.25. The average molecular weight is 388 g/mol. The molecule has 4 heterocycles. The van der Waals surface area contributed by atoms with Crippen LogP contribution in [0.25, 0.3) is 11.4 Å². The summed E-state index contributed by atoms with van der Waals surface area (Å²) in [7, 11) is 2.12. The van der Waals surface area contributed by atoms with E-state index in [9.17, 15) is 0 Å². The largest absolute Gasteiger partial charge is 0.295 e. The molecular weight excluding hydrogens is 358 g/mol. The molecule has 1 aliphatic rings. The highest BCUT2D eigenvalue weighted by molar-refractivity contribution is 5.54. The van der Waals surface area contributed by atoms with E-state index in [-0.39, 0.29) is 0 Å². The minimum absolute atomic E-state index is 0.780. The molecule has 0 aliphatic carbocycles. The highest BCUT2D eigenvalue weighted by atomic mass is 15.1. The average Bonchev–Trinajstić information content (AvgIpc) is 2.72. The number of aromatic nitrogens is 3. The number of fused-ring (bicyclic) bond motifs is 7. The summed E-state index contributed by atoms with van der Waals surface area (Å²) in [6.45, 7) is 6.53. The van der Waals surface area contributed by atoms with Crippen molar-refractivity contribution in [3.8, 4) is 11.4 Å². The van der Waals surface area contributed by atoms with Gasteiger partial charge in [0.05, 0.1) is 34.2 Å². The first-order valence-electron chi connectivity index (χ1n) is 10.5. The molecule has 4 rings (SSSR count). The van der Waals surface area contributed by atoms with Crippen molar-refractivity contribution in [3.05, 3.63) is 77.4 Å². The molecule has 150 valence electrons. The normalized spacial score (nSPS) is 15.5. The van der Waals surface area contributed by atoms with Crippen LogP contribution in [0.2, 0.25) is 0 Å². The van der Waals surface area contributed by atoms with E-state index in [1.165, 1.54) is 12.8 Å². The van der Waals surface area contributed by atoms with E-state index in [1.54, 1.807) is 0 Å². The van der Waals surface area contributed by atoms with Crippen molar-refractivity contribution in [3.63, 3.8) is 0 Å². The smallest absolute Gasteiger partial charge is 0.0890 e. The Morgan fingerprint density at radius 2 is 1.17 bits per heavy atom. The molecule has 3 aromatic rings. The van der Waals surface area contributed by atoms with Crippen molar-refractivity contribution < 1.29 is 0 Å². The molecule has 5 heteroatoms. The summed E-state index contributed by atoms with van der Waals surface area (Å²) in [4.78, 5) is 19.4. The van der Waals surface area contributed by atoms with E-state index in [1.807, 2.05) is 6.07 Å².